The number of carbonyl (C=O) groups is 1. The highest BCUT2D eigenvalue weighted by Crippen LogP contribution is 2.35. The molecule has 1 aliphatic heterocycles. The summed E-state index contributed by atoms with van der Waals surface area (Å²) in [4.78, 5) is 23.3. The second-order valence-corrected chi connectivity index (χ2v) is 5.85. The number of nitrogens with zero attached hydrogens (tertiary/aromatic N) is 5. The SMILES string of the molecule is CCCCOC(=O)C1=C(C)Nc2nnnn2C1c1cccc([N+](=O)[O-])c1. The smallest absolute Gasteiger partial charge is 0.338 e. The number of carbonyl (C=O) groups excluding carboxylic acids is 1. The molecule has 1 aliphatic rings. The van der Waals surface area contributed by atoms with Crippen molar-refractivity contribution < 1.29 is 14.5 Å². The zero-order valence-corrected chi connectivity index (χ0v) is 14.4. The number of hydrogen-bond acceptors (Lipinski definition) is 8. The van der Waals surface area contributed by atoms with Gasteiger partial charge in [-0.15, -0.1) is 0 Å². The molecule has 0 fully saturated rings. The van der Waals surface area contributed by atoms with Crippen LogP contribution in [0.1, 0.15) is 38.3 Å². The fraction of sp³-hybridized carbons (Fsp3) is 0.375. The molecule has 136 valence electrons. The summed E-state index contributed by atoms with van der Waals surface area (Å²) in [6.07, 6.45) is 1.65. The number of nitro groups is 1. The van der Waals surface area contributed by atoms with E-state index >= 15 is 0 Å². The first-order valence-corrected chi connectivity index (χ1v) is 8.20. The van der Waals surface area contributed by atoms with E-state index < -0.39 is 16.9 Å². The van der Waals surface area contributed by atoms with Gasteiger partial charge in [-0.05, 0) is 29.3 Å². The highest BCUT2D eigenvalue weighted by atomic mass is 16.6. The summed E-state index contributed by atoms with van der Waals surface area (Å²) >= 11 is 0. The minimum atomic E-state index is -0.713. The lowest BCUT2D eigenvalue weighted by atomic mass is 9.95. The zero-order chi connectivity index (χ0) is 18.7. The van der Waals surface area contributed by atoms with Gasteiger partial charge in [0.2, 0.25) is 5.95 Å². The van der Waals surface area contributed by atoms with E-state index in [0.29, 0.717) is 29.4 Å². The van der Waals surface area contributed by atoms with E-state index in [1.54, 1.807) is 19.1 Å². The molecular formula is C16H18N6O4. The number of ether oxygens (including phenoxy) is 1. The van der Waals surface area contributed by atoms with Gasteiger partial charge in [-0.2, -0.15) is 4.68 Å². The highest BCUT2D eigenvalue weighted by molar-refractivity contribution is 5.92. The van der Waals surface area contributed by atoms with E-state index in [-0.39, 0.29) is 5.69 Å². The van der Waals surface area contributed by atoms with E-state index in [4.69, 9.17) is 4.74 Å². The minimum absolute atomic E-state index is 0.0768. The monoisotopic (exact) mass is 358 g/mol. The predicted molar refractivity (Wildman–Crippen MR) is 91.2 cm³/mol. The number of esters is 1. The zero-order valence-electron chi connectivity index (χ0n) is 14.4. The molecule has 2 heterocycles. The van der Waals surface area contributed by atoms with Gasteiger partial charge in [0, 0.05) is 17.8 Å². The molecule has 26 heavy (non-hydrogen) atoms. The Morgan fingerprint density at radius 2 is 2.27 bits per heavy atom. The van der Waals surface area contributed by atoms with Crippen molar-refractivity contribution in [1.82, 2.24) is 20.2 Å². The predicted octanol–water partition coefficient (Wildman–Crippen LogP) is 2.21. The lowest BCUT2D eigenvalue weighted by molar-refractivity contribution is -0.384. The number of unbranched alkanes of at least 4 members (excludes halogenated alkanes) is 1. The standard InChI is InChI=1S/C16H18N6O4/c1-3-4-8-26-15(23)13-10(2)17-16-18-19-20-21(16)14(13)11-6-5-7-12(9-11)22(24)25/h5-7,9,14H,3-4,8H2,1-2H3,(H,17,18,20). The van der Waals surface area contributed by atoms with E-state index in [1.807, 2.05) is 6.92 Å². The molecule has 0 saturated carbocycles. The van der Waals surface area contributed by atoms with Crippen LogP contribution in [0.15, 0.2) is 35.5 Å². The van der Waals surface area contributed by atoms with Gasteiger partial charge in [0.1, 0.15) is 6.04 Å². The number of aromatic nitrogens is 4. The number of anilines is 1. The first-order valence-electron chi connectivity index (χ1n) is 8.20. The molecular weight excluding hydrogens is 340 g/mol. The van der Waals surface area contributed by atoms with E-state index in [2.05, 4.69) is 20.8 Å². The molecule has 1 aromatic carbocycles. The van der Waals surface area contributed by atoms with Gasteiger partial charge in [0.15, 0.2) is 0 Å². The van der Waals surface area contributed by atoms with Crippen LogP contribution >= 0.6 is 0 Å². The number of nitrogens with one attached hydrogen (secondary N) is 1. The van der Waals surface area contributed by atoms with Gasteiger partial charge >= 0.3 is 5.97 Å². The van der Waals surface area contributed by atoms with Crippen LogP contribution in [0.25, 0.3) is 0 Å². The van der Waals surface area contributed by atoms with Crippen molar-refractivity contribution in [3.63, 3.8) is 0 Å². The van der Waals surface area contributed by atoms with E-state index in [0.717, 1.165) is 12.8 Å². The molecule has 0 radical (unpaired) electrons. The average molecular weight is 358 g/mol. The number of hydrogen-bond donors (Lipinski definition) is 1. The van der Waals surface area contributed by atoms with E-state index in [1.165, 1.54) is 16.8 Å². The topological polar surface area (TPSA) is 125 Å². The van der Waals surface area contributed by atoms with Gasteiger partial charge in [-0.25, -0.2) is 4.79 Å². The molecule has 0 spiro atoms. The largest absolute Gasteiger partial charge is 0.462 e. The summed E-state index contributed by atoms with van der Waals surface area (Å²) in [5.41, 5.74) is 1.31. The van der Waals surface area contributed by atoms with Crippen molar-refractivity contribution in [2.24, 2.45) is 0 Å². The van der Waals surface area contributed by atoms with Crippen molar-refractivity contribution >= 4 is 17.6 Å². The van der Waals surface area contributed by atoms with Crippen LogP contribution in [0.4, 0.5) is 11.6 Å². The van der Waals surface area contributed by atoms with Crippen LogP contribution in [-0.2, 0) is 9.53 Å². The van der Waals surface area contributed by atoms with Crippen LogP contribution in [0.3, 0.4) is 0 Å². The van der Waals surface area contributed by atoms with Crippen molar-refractivity contribution in [2.45, 2.75) is 32.7 Å². The maximum Gasteiger partial charge on any atom is 0.338 e. The van der Waals surface area contributed by atoms with Gasteiger partial charge in [-0.3, -0.25) is 10.1 Å². The van der Waals surface area contributed by atoms with Crippen molar-refractivity contribution in [2.75, 3.05) is 11.9 Å². The van der Waals surface area contributed by atoms with Gasteiger partial charge in [-0.1, -0.05) is 30.6 Å². The third-order valence-corrected chi connectivity index (χ3v) is 4.06. The Morgan fingerprint density at radius 3 is 3.00 bits per heavy atom. The Hall–Kier alpha value is -3.30. The summed E-state index contributed by atoms with van der Waals surface area (Å²) in [6.45, 7) is 4.02. The van der Waals surface area contributed by atoms with Crippen LogP contribution in [0, 0.1) is 10.1 Å². The maximum atomic E-state index is 12.7. The normalized spacial score (nSPS) is 16.0. The number of tetrazole rings is 1. The Kier molecular flexibility index (Phi) is 4.92. The average Bonchev–Trinajstić information content (AvgIpc) is 3.08. The fourth-order valence-electron chi connectivity index (χ4n) is 2.78. The summed E-state index contributed by atoms with van der Waals surface area (Å²) in [5.74, 6) is -0.148. The quantitative estimate of drug-likeness (QED) is 0.360. The van der Waals surface area contributed by atoms with E-state index in [9.17, 15) is 14.9 Å². The number of fused-ring (bicyclic) bond motifs is 1. The number of benzene rings is 1. The van der Waals surface area contributed by atoms with Crippen LogP contribution in [0.2, 0.25) is 0 Å². The number of allylic oxidation sites excluding steroid dienone is 1. The summed E-state index contributed by atoms with van der Waals surface area (Å²) < 4.78 is 6.78. The molecule has 3 rings (SSSR count). The lowest BCUT2D eigenvalue weighted by Crippen LogP contribution is -2.29. The Bertz CT molecular complexity index is 875. The third kappa shape index (κ3) is 3.25. The lowest BCUT2D eigenvalue weighted by Gasteiger charge is -2.27. The summed E-state index contributed by atoms with van der Waals surface area (Å²) in [7, 11) is 0. The van der Waals surface area contributed by atoms with Crippen molar-refractivity contribution in [1.29, 1.82) is 0 Å². The molecule has 1 N–H and O–H groups in total. The van der Waals surface area contributed by atoms with Gasteiger partial charge in [0.25, 0.3) is 5.69 Å². The molecule has 1 unspecified atom stereocenters. The van der Waals surface area contributed by atoms with Crippen LogP contribution < -0.4 is 5.32 Å². The second-order valence-electron chi connectivity index (χ2n) is 5.85. The minimum Gasteiger partial charge on any atom is -0.462 e. The molecule has 0 aliphatic carbocycles. The molecule has 1 atom stereocenters. The maximum absolute atomic E-state index is 12.7. The van der Waals surface area contributed by atoms with Crippen LogP contribution in [-0.4, -0.2) is 37.7 Å². The Balaban J connectivity index is 2.05. The Morgan fingerprint density at radius 1 is 1.46 bits per heavy atom. The molecule has 2 aromatic rings. The van der Waals surface area contributed by atoms with Gasteiger partial charge < -0.3 is 10.1 Å². The first-order chi connectivity index (χ1) is 12.5. The first kappa shape index (κ1) is 17.5. The molecule has 10 heteroatoms. The highest BCUT2D eigenvalue weighted by Gasteiger charge is 2.35. The summed E-state index contributed by atoms with van der Waals surface area (Å²) in [6, 6.07) is 5.35. The van der Waals surface area contributed by atoms with Crippen LogP contribution in [0.5, 0.6) is 0 Å². The number of non-ortho nitro benzene ring substituents is 1. The van der Waals surface area contributed by atoms with Crippen molar-refractivity contribution in [3.8, 4) is 0 Å². The Labute approximate surface area is 149 Å². The third-order valence-electron chi connectivity index (χ3n) is 4.06. The van der Waals surface area contributed by atoms with Gasteiger partial charge in [0.05, 0.1) is 17.1 Å². The molecule has 0 saturated heterocycles. The number of rotatable bonds is 6. The molecule has 10 nitrogen and oxygen atoms in total. The van der Waals surface area contributed by atoms with Crippen molar-refractivity contribution in [3.05, 3.63) is 51.2 Å². The molecule has 0 bridgehead atoms. The summed E-state index contributed by atoms with van der Waals surface area (Å²) in [5, 5.41) is 25.5. The fourth-order valence-corrected chi connectivity index (χ4v) is 2.78. The molecule has 0 amide bonds. The molecule has 1 aromatic heterocycles. The second kappa shape index (κ2) is 7.30. The number of nitro benzene ring substituents is 1.